The van der Waals surface area contributed by atoms with Gasteiger partial charge in [0.25, 0.3) is 15.9 Å². The molecule has 1 aliphatic rings. The smallest absolute Gasteiger partial charge is 0.267 e. The molecule has 0 radical (unpaired) electrons. The third-order valence-corrected chi connectivity index (χ3v) is 6.72. The lowest BCUT2D eigenvalue weighted by Gasteiger charge is -2.35. The van der Waals surface area contributed by atoms with E-state index in [2.05, 4.69) is 5.32 Å². The molecule has 7 heteroatoms. The Kier molecular flexibility index (Phi) is 5.22. The number of sulfonamides is 1. The Labute approximate surface area is 176 Å². The van der Waals surface area contributed by atoms with Gasteiger partial charge < -0.3 is 10.1 Å². The monoisotopic (exact) mass is 422 g/mol. The van der Waals surface area contributed by atoms with E-state index in [0.29, 0.717) is 17.1 Å². The van der Waals surface area contributed by atoms with Crippen LogP contribution in [0.1, 0.15) is 11.1 Å². The molecule has 4 rings (SSSR count). The van der Waals surface area contributed by atoms with Gasteiger partial charge in [-0.2, -0.15) is 0 Å². The van der Waals surface area contributed by atoms with Gasteiger partial charge in [-0.1, -0.05) is 42.0 Å². The van der Waals surface area contributed by atoms with Gasteiger partial charge in [0.1, 0.15) is 5.75 Å². The van der Waals surface area contributed by atoms with Crippen molar-refractivity contribution in [3.05, 3.63) is 83.9 Å². The number of carbonyl (C=O) groups excluding carboxylic acids is 1. The minimum atomic E-state index is -3.87. The summed E-state index contributed by atoms with van der Waals surface area (Å²) in [7, 11) is -3.87. The standard InChI is InChI=1S/C23H22N2O4S/c1-16-8-11-19(12-9-16)30(27,28)25-15-22(23(26)24-18-6-4-3-5-7-18)29-21-13-10-17(2)14-20(21)25/h3-14,22H,15H2,1-2H3,(H,24,26)/t22-/m1/s1. The van der Waals surface area contributed by atoms with Crippen LogP contribution in [0.15, 0.2) is 77.7 Å². The molecule has 0 spiro atoms. The highest BCUT2D eigenvalue weighted by molar-refractivity contribution is 7.92. The Morgan fingerprint density at radius 1 is 0.967 bits per heavy atom. The lowest BCUT2D eigenvalue weighted by atomic mass is 10.1. The van der Waals surface area contributed by atoms with E-state index in [9.17, 15) is 13.2 Å². The Bertz CT molecular complexity index is 1180. The first kappa shape index (κ1) is 20.0. The predicted octanol–water partition coefficient (Wildman–Crippen LogP) is 3.90. The maximum Gasteiger partial charge on any atom is 0.267 e. The molecule has 1 amide bonds. The van der Waals surface area contributed by atoms with E-state index in [-0.39, 0.29) is 11.4 Å². The number of carbonyl (C=O) groups is 1. The molecule has 30 heavy (non-hydrogen) atoms. The number of anilines is 2. The number of benzene rings is 3. The third kappa shape index (κ3) is 3.89. The van der Waals surface area contributed by atoms with Crippen molar-refractivity contribution in [1.82, 2.24) is 0 Å². The summed E-state index contributed by atoms with van der Waals surface area (Å²) in [6.45, 7) is 3.66. The number of para-hydroxylation sites is 1. The van der Waals surface area contributed by atoms with Gasteiger partial charge in [0.15, 0.2) is 6.10 Å². The number of rotatable bonds is 4. The normalized spacial score (nSPS) is 15.8. The quantitative estimate of drug-likeness (QED) is 0.692. The van der Waals surface area contributed by atoms with Crippen LogP contribution in [-0.4, -0.2) is 27.0 Å². The van der Waals surface area contributed by atoms with Crippen LogP contribution in [0.3, 0.4) is 0 Å². The molecule has 154 valence electrons. The first-order chi connectivity index (χ1) is 14.3. The molecule has 6 nitrogen and oxygen atoms in total. The summed E-state index contributed by atoms with van der Waals surface area (Å²) < 4.78 is 34.0. The Hall–Kier alpha value is -3.32. The molecule has 1 aliphatic heterocycles. The lowest BCUT2D eigenvalue weighted by molar-refractivity contribution is -0.122. The molecule has 3 aromatic rings. The Morgan fingerprint density at radius 2 is 1.63 bits per heavy atom. The molecule has 0 fully saturated rings. The van der Waals surface area contributed by atoms with Crippen molar-refractivity contribution >= 4 is 27.3 Å². The van der Waals surface area contributed by atoms with E-state index in [1.165, 1.54) is 4.31 Å². The van der Waals surface area contributed by atoms with E-state index in [1.807, 2.05) is 38.1 Å². The number of hydrogen-bond acceptors (Lipinski definition) is 4. The van der Waals surface area contributed by atoms with Gasteiger partial charge in [-0.15, -0.1) is 0 Å². The van der Waals surface area contributed by atoms with Gasteiger partial charge in [0.05, 0.1) is 17.1 Å². The molecule has 0 bridgehead atoms. The molecular formula is C23H22N2O4S. The lowest BCUT2D eigenvalue weighted by Crippen LogP contribution is -2.48. The largest absolute Gasteiger partial charge is 0.476 e. The second kappa shape index (κ2) is 7.84. The number of ether oxygens (including phenoxy) is 1. The average molecular weight is 423 g/mol. The molecule has 0 saturated heterocycles. The number of nitrogens with one attached hydrogen (secondary N) is 1. The van der Waals surface area contributed by atoms with E-state index < -0.39 is 22.0 Å². The van der Waals surface area contributed by atoms with Crippen LogP contribution < -0.4 is 14.4 Å². The number of amides is 1. The van der Waals surface area contributed by atoms with Gasteiger partial charge in [0.2, 0.25) is 0 Å². The van der Waals surface area contributed by atoms with Gasteiger partial charge in [-0.3, -0.25) is 9.10 Å². The van der Waals surface area contributed by atoms with Crippen molar-refractivity contribution in [3.63, 3.8) is 0 Å². The fourth-order valence-corrected chi connectivity index (χ4v) is 4.77. The number of fused-ring (bicyclic) bond motifs is 1. The van der Waals surface area contributed by atoms with Crippen LogP contribution >= 0.6 is 0 Å². The van der Waals surface area contributed by atoms with E-state index in [0.717, 1.165) is 11.1 Å². The van der Waals surface area contributed by atoms with Crippen molar-refractivity contribution < 1.29 is 17.9 Å². The molecule has 0 saturated carbocycles. The summed E-state index contributed by atoms with van der Waals surface area (Å²) in [6.07, 6.45) is -0.986. The zero-order valence-corrected chi connectivity index (χ0v) is 17.5. The summed E-state index contributed by atoms with van der Waals surface area (Å²) in [4.78, 5) is 13.0. The van der Waals surface area contributed by atoms with Gasteiger partial charge in [0, 0.05) is 5.69 Å². The molecule has 0 aliphatic carbocycles. The van der Waals surface area contributed by atoms with Crippen LogP contribution in [0.4, 0.5) is 11.4 Å². The van der Waals surface area contributed by atoms with Crippen LogP contribution in [0.5, 0.6) is 5.75 Å². The second-order valence-electron chi connectivity index (χ2n) is 7.28. The molecule has 0 aromatic heterocycles. The van der Waals surface area contributed by atoms with Crippen LogP contribution in [0.2, 0.25) is 0 Å². The summed E-state index contributed by atoms with van der Waals surface area (Å²) in [5, 5.41) is 2.79. The molecule has 1 N–H and O–H groups in total. The van der Waals surface area contributed by atoms with Crippen molar-refractivity contribution in [1.29, 1.82) is 0 Å². The zero-order valence-electron chi connectivity index (χ0n) is 16.7. The highest BCUT2D eigenvalue weighted by Crippen LogP contribution is 2.38. The van der Waals surface area contributed by atoms with Crippen molar-refractivity contribution in [2.45, 2.75) is 24.8 Å². The summed E-state index contributed by atoms with van der Waals surface area (Å²) in [6, 6.07) is 20.9. The van der Waals surface area contributed by atoms with Crippen molar-refractivity contribution in [2.24, 2.45) is 0 Å². The van der Waals surface area contributed by atoms with Gasteiger partial charge in [-0.05, 0) is 55.8 Å². The highest BCUT2D eigenvalue weighted by atomic mass is 32.2. The van der Waals surface area contributed by atoms with Crippen LogP contribution in [0, 0.1) is 13.8 Å². The van der Waals surface area contributed by atoms with Crippen molar-refractivity contribution in [2.75, 3.05) is 16.2 Å². The maximum atomic E-state index is 13.4. The number of aryl methyl sites for hydroxylation is 2. The Balaban J connectivity index is 1.71. The fourth-order valence-electron chi connectivity index (χ4n) is 3.31. The zero-order chi connectivity index (χ0) is 21.3. The summed E-state index contributed by atoms with van der Waals surface area (Å²) in [5.41, 5.74) is 2.91. The van der Waals surface area contributed by atoms with Crippen LogP contribution in [0.25, 0.3) is 0 Å². The average Bonchev–Trinajstić information content (AvgIpc) is 2.74. The first-order valence-electron chi connectivity index (χ1n) is 9.57. The summed E-state index contributed by atoms with van der Waals surface area (Å²) >= 11 is 0. The van der Waals surface area contributed by atoms with Gasteiger partial charge >= 0.3 is 0 Å². The summed E-state index contributed by atoms with van der Waals surface area (Å²) in [5.74, 6) is -0.0488. The van der Waals surface area contributed by atoms with Gasteiger partial charge in [-0.25, -0.2) is 8.42 Å². The van der Waals surface area contributed by atoms with E-state index >= 15 is 0 Å². The topological polar surface area (TPSA) is 75.7 Å². The first-order valence-corrected chi connectivity index (χ1v) is 11.0. The van der Waals surface area contributed by atoms with Crippen molar-refractivity contribution in [3.8, 4) is 5.75 Å². The highest BCUT2D eigenvalue weighted by Gasteiger charge is 2.37. The third-order valence-electron chi connectivity index (χ3n) is 4.93. The maximum absolute atomic E-state index is 13.4. The van der Waals surface area contributed by atoms with E-state index in [1.54, 1.807) is 48.5 Å². The number of hydrogen-bond donors (Lipinski definition) is 1. The predicted molar refractivity (Wildman–Crippen MR) is 116 cm³/mol. The SMILES string of the molecule is Cc1ccc(S(=O)(=O)N2C[C@H](C(=O)Nc3ccccc3)Oc3ccc(C)cc32)cc1. The van der Waals surface area contributed by atoms with Crippen LogP contribution in [-0.2, 0) is 14.8 Å². The molecule has 1 heterocycles. The minimum Gasteiger partial charge on any atom is -0.476 e. The molecule has 3 aromatic carbocycles. The Morgan fingerprint density at radius 3 is 2.33 bits per heavy atom. The number of nitrogens with zero attached hydrogens (tertiary/aromatic N) is 1. The van der Waals surface area contributed by atoms with E-state index in [4.69, 9.17) is 4.74 Å². The fraction of sp³-hybridized carbons (Fsp3) is 0.174. The molecular weight excluding hydrogens is 400 g/mol. The molecule has 0 unspecified atom stereocenters. The molecule has 1 atom stereocenters. The minimum absolute atomic E-state index is 0.120. The second-order valence-corrected chi connectivity index (χ2v) is 9.14.